The van der Waals surface area contributed by atoms with Crippen molar-refractivity contribution >= 4 is 0 Å². The van der Waals surface area contributed by atoms with Crippen LogP contribution in [0.25, 0.3) is 0 Å². The third kappa shape index (κ3) is 1.44. The number of rotatable bonds is 0. The van der Waals surface area contributed by atoms with Crippen LogP contribution in [0.5, 0.6) is 0 Å². The van der Waals surface area contributed by atoms with E-state index in [1.165, 1.54) is 11.1 Å². The summed E-state index contributed by atoms with van der Waals surface area (Å²) >= 11 is 0. The van der Waals surface area contributed by atoms with Gasteiger partial charge in [-0.25, -0.2) is 0 Å². The van der Waals surface area contributed by atoms with Crippen LogP contribution >= 0.6 is 0 Å². The molecule has 0 aromatic carbocycles. The predicted molar refractivity (Wildman–Crippen MR) is 72.3 cm³/mol. The molecule has 18 heavy (non-hydrogen) atoms. The fourth-order valence-corrected chi connectivity index (χ4v) is 3.57. The van der Waals surface area contributed by atoms with Gasteiger partial charge in [-0.1, -0.05) is 17.7 Å². The van der Waals surface area contributed by atoms with Crippen molar-refractivity contribution in [2.75, 3.05) is 0 Å². The van der Waals surface area contributed by atoms with E-state index in [1.807, 2.05) is 6.07 Å². The summed E-state index contributed by atoms with van der Waals surface area (Å²) in [5, 5.41) is 0. The lowest BCUT2D eigenvalue weighted by Crippen LogP contribution is -2.47. The van der Waals surface area contributed by atoms with Gasteiger partial charge in [-0.05, 0) is 49.8 Å². The zero-order valence-electron chi connectivity index (χ0n) is 10.8. The molecule has 0 aliphatic heterocycles. The zero-order valence-corrected chi connectivity index (χ0v) is 10.8. The lowest BCUT2D eigenvalue weighted by molar-refractivity contribution is 0.430. The van der Waals surface area contributed by atoms with Crippen LogP contribution in [0.15, 0.2) is 40.2 Å². The van der Waals surface area contributed by atoms with Crippen LogP contribution in [0.1, 0.15) is 31.5 Å². The maximum Gasteiger partial charge on any atom is 0.248 e. The van der Waals surface area contributed by atoms with Crippen LogP contribution in [-0.2, 0) is 12.0 Å². The number of pyridine rings is 1. The van der Waals surface area contributed by atoms with Gasteiger partial charge in [0.15, 0.2) is 0 Å². The normalized spacial score (nSPS) is 32.1. The Morgan fingerprint density at radius 1 is 1.44 bits per heavy atom. The predicted octanol–water partition coefficient (Wildman–Crippen LogP) is 2.00. The molecule has 1 aromatic rings. The van der Waals surface area contributed by atoms with Gasteiger partial charge in [0.25, 0.3) is 0 Å². The van der Waals surface area contributed by atoms with Gasteiger partial charge in [0, 0.05) is 11.8 Å². The minimum atomic E-state index is -0.528. The van der Waals surface area contributed by atoms with Crippen molar-refractivity contribution in [1.29, 1.82) is 0 Å². The maximum absolute atomic E-state index is 11.5. The van der Waals surface area contributed by atoms with Crippen molar-refractivity contribution in [3.63, 3.8) is 0 Å². The van der Waals surface area contributed by atoms with Gasteiger partial charge in [0.05, 0.1) is 5.54 Å². The minimum absolute atomic E-state index is 0.0416. The summed E-state index contributed by atoms with van der Waals surface area (Å²) in [5.74, 6) is 0.426. The zero-order chi connectivity index (χ0) is 12.9. The van der Waals surface area contributed by atoms with Crippen molar-refractivity contribution in [3.8, 4) is 0 Å². The maximum atomic E-state index is 11.5. The smallest absolute Gasteiger partial charge is 0.248 e. The molecule has 2 bridgehead atoms. The fourth-order valence-electron chi connectivity index (χ4n) is 3.57. The summed E-state index contributed by atoms with van der Waals surface area (Å²) in [4.78, 5) is 14.4. The molecule has 94 valence electrons. The molecule has 0 amide bonds. The van der Waals surface area contributed by atoms with Crippen LogP contribution in [0.2, 0.25) is 0 Å². The standard InChI is InChI=1S/C15H18N2O/c1-3-11-10-6-9(2)8-15(11,16)12-4-5-14(18)17-13(12)7-10/h3-5,8,10H,6-7,16H2,1-2H3,(H,17,18)/b11-3-/t10-,15-/m0/s1. The second kappa shape index (κ2) is 3.69. The van der Waals surface area contributed by atoms with E-state index < -0.39 is 5.54 Å². The number of hydrogen-bond acceptors (Lipinski definition) is 2. The molecule has 3 N–H and O–H groups in total. The van der Waals surface area contributed by atoms with Crippen molar-refractivity contribution in [1.82, 2.24) is 4.98 Å². The Bertz CT molecular complexity index is 624. The van der Waals surface area contributed by atoms with E-state index in [0.29, 0.717) is 5.92 Å². The van der Waals surface area contributed by atoms with E-state index in [4.69, 9.17) is 5.73 Å². The highest BCUT2D eigenvalue weighted by Crippen LogP contribution is 2.46. The molecular weight excluding hydrogens is 224 g/mol. The number of nitrogens with two attached hydrogens (primary N) is 1. The third-order valence-corrected chi connectivity index (χ3v) is 4.17. The fraction of sp³-hybridized carbons (Fsp3) is 0.400. The molecule has 2 aliphatic carbocycles. The van der Waals surface area contributed by atoms with Crippen LogP contribution in [0.3, 0.4) is 0 Å². The Morgan fingerprint density at radius 2 is 2.22 bits per heavy atom. The van der Waals surface area contributed by atoms with Crippen molar-refractivity contribution in [2.24, 2.45) is 11.7 Å². The Hall–Kier alpha value is -1.61. The second-order valence-electron chi connectivity index (χ2n) is 5.42. The number of H-pyrrole nitrogens is 1. The first kappa shape index (κ1) is 11.5. The monoisotopic (exact) mass is 242 g/mol. The summed E-state index contributed by atoms with van der Waals surface area (Å²) in [6.07, 6.45) is 6.21. The molecule has 1 heterocycles. The highest BCUT2D eigenvalue weighted by Gasteiger charge is 2.42. The molecule has 0 unspecified atom stereocenters. The van der Waals surface area contributed by atoms with Gasteiger partial charge in [-0.3, -0.25) is 4.79 Å². The van der Waals surface area contributed by atoms with E-state index in [0.717, 1.165) is 24.1 Å². The summed E-state index contributed by atoms with van der Waals surface area (Å²) in [7, 11) is 0. The number of fused-ring (bicyclic) bond motifs is 4. The molecule has 0 saturated carbocycles. The highest BCUT2D eigenvalue weighted by molar-refractivity contribution is 5.50. The molecule has 0 saturated heterocycles. The third-order valence-electron chi connectivity index (χ3n) is 4.17. The largest absolute Gasteiger partial charge is 0.326 e. The van der Waals surface area contributed by atoms with E-state index >= 15 is 0 Å². The number of hydrogen-bond donors (Lipinski definition) is 2. The van der Waals surface area contributed by atoms with Gasteiger partial charge in [0.1, 0.15) is 0 Å². The lowest BCUT2D eigenvalue weighted by atomic mass is 9.64. The molecule has 2 aliphatic rings. The van der Waals surface area contributed by atoms with E-state index in [-0.39, 0.29) is 5.56 Å². The Kier molecular flexibility index (Phi) is 2.35. The van der Waals surface area contributed by atoms with Crippen molar-refractivity contribution in [2.45, 2.75) is 32.2 Å². The quantitative estimate of drug-likeness (QED) is 0.684. The molecule has 3 rings (SSSR count). The van der Waals surface area contributed by atoms with Crippen LogP contribution < -0.4 is 11.3 Å². The number of allylic oxidation sites excluding steroid dienone is 2. The van der Waals surface area contributed by atoms with Gasteiger partial charge in [0.2, 0.25) is 5.56 Å². The first-order valence-corrected chi connectivity index (χ1v) is 6.41. The molecule has 2 atom stereocenters. The first-order valence-electron chi connectivity index (χ1n) is 6.41. The first-order chi connectivity index (χ1) is 8.54. The summed E-state index contributed by atoms with van der Waals surface area (Å²) < 4.78 is 0. The average Bonchev–Trinajstić information content (AvgIpc) is 2.26. The van der Waals surface area contributed by atoms with E-state index in [9.17, 15) is 4.79 Å². The van der Waals surface area contributed by atoms with Gasteiger partial charge in [-0.15, -0.1) is 0 Å². The minimum Gasteiger partial charge on any atom is -0.326 e. The van der Waals surface area contributed by atoms with Crippen LogP contribution in [0, 0.1) is 5.92 Å². The second-order valence-corrected chi connectivity index (χ2v) is 5.42. The molecule has 0 radical (unpaired) electrons. The van der Waals surface area contributed by atoms with E-state index in [1.54, 1.807) is 6.07 Å². The summed E-state index contributed by atoms with van der Waals surface area (Å²) in [6, 6.07) is 3.45. The SMILES string of the molecule is C/C=C1/[C@H]2CC(C)=C[C@@]1(N)c1ccc(=O)[nH]c1C2. The Morgan fingerprint density at radius 3 is 2.94 bits per heavy atom. The lowest BCUT2D eigenvalue weighted by Gasteiger charge is -2.44. The molecule has 1 aromatic heterocycles. The van der Waals surface area contributed by atoms with Gasteiger partial charge < -0.3 is 10.7 Å². The number of nitrogens with one attached hydrogen (secondary N) is 1. The van der Waals surface area contributed by atoms with Gasteiger partial charge in [-0.2, -0.15) is 0 Å². The number of aromatic amines is 1. The summed E-state index contributed by atoms with van der Waals surface area (Å²) in [6.45, 7) is 4.19. The Balaban J connectivity index is 2.31. The van der Waals surface area contributed by atoms with Gasteiger partial charge >= 0.3 is 0 Å². The van der Waals surface area contributed by atoms with Crippen LogP contribution in [0.4, 0.5) is 0 Å². The molecule has 0 fully saturated rings. The molecule has 3 heteroatoms. The molecule has 0 spiro atoms. The number of aromatic nitrogens is 1. The van der Waals surface area contributed by atoms with Crippen molar-refractivity contribution in [3.05, 3.63) is 57.0 Å². The highest BCUT2D eigenvalue weighted by atomic mass is 16.1. The van der Waals surface area contributed by atoms with E-state index in [2.05, 4.69) is 31.0 Å². The topological polar surface area (TPSA) is 58.9 Å². The molecular formula is C15H18N2O. The molecule has 3 nitrogen and oxygen atoms in total. The van der Waals surface area contributed by atoms with Crippen LogP contribution in [-0.4, -0.2) is 4.98 Å². The Labute approximate surface area is 106 Å². The summed E-state index contributed by atoms with van der Waals surface area (Å²) in [5.41, 5.74) is 10.7. The average molecular weight is 242 g/mol. The van der Waals surface area contributed by atoms with Crippen molar-refractivity contribution < 1.29 is 0 Å².